The van der Waals surface area contributed by atoms with Gasteiger partial charge in [-0.3, -0.25) is 0 Å². The molecule has 20 heavy (non-hydrogen) atoms. The standard InChI is InChI=1S/C17H20O3/c1-3-14-7-9-15(10-8-14)19-11-12-20-17-6-4-5-16(13-17)18-2/h4-10,13H,3,11-12H2,1-2H3. The zero-order chi connectivity index (χ0) is 14.2. The Bertz CT molecular complexity index is 520. The molecule has 3 nitrogen and oxygen atoms in total. The molecule has 0 N–H and O–H groups in total. The van der Waals surface area contributed by atoms with Crippen molar-refractivity contribution in [3.8, 4) is 17.2 Å². The van der Waals surface area contributed by atoms with Crippen LogP contribution in [0.3, 0.4) is 0 Å². The van der Waals surface area contributed by atoms with Crippen LogP contribution in [0.25, 0.3) is 0 Å². The van der Waals surface area contributed by atoms with Crippen LogP contribution in [0, 0.1) is 0 Å². The van der Waals surface area contributed by atoms with E-state index >= 15 is 0 Å². The quantitative estimate of drug-likeness (QED) is 0.719. The highest BCUT2D eigenvalue weighted by Gasteiger charge is 1.98. The molecule has 0 aliphatic rings. The van der Waals surface area contributed by atoms with Gasteiger partial charge in [-0.05, 0) is 36.2 Å². The van der Waals surface area contributed by atoms with E-state index in [2.05, 4.69) is 19.1 Å². The minimum Gasteiger partial charge on any atom is -0.497 e. The maximum atomic E-state index is 5.63. The molecule has 0 saturated heterocycles. The van der Waals surface area contributed by atoms with Gasteiger partial charge in [0.05, 0.1) is 7.11 Å². The van der Waals surface area contributed by atoms with Crippen LogP contribution in [0.15, 0.2) is 48.5 Å². The summed E-state index contributed by atoms with van der Waals surface area (Å²) in [4.78, 5) is 0. The van der Waals surface area contributed by atoms with Gasteiger partial charge in [-0.25, -0.2) is 0 Å². The fourth-order valence-corrected chi connectivity index (χ4v) is 1.83. The molecule has 0 unspecified atom stereocenters. The van der Waals surface area contributed by atoms with Gasteiger partial charge in [0.2, 0.25) is 0 Å². The fraction of sp³-hybridized carbons (Fsp3) is 0.294. The van der Waals surface area contributed by atoms with Crippen molar-refractivity contribution in [2.45, 2.75) is 13.3 Å². The van der Waals surface area contributed by atoms with Gasteiger partial charge < -0.3 is 14.2 Å². The Morgan fingerprint density at radius 1 is 0.800 bits per heavy atom. The third-order valence-corrected chi connectivity index (χ3v) is 2.99. The van der Waals surface area contributed by atoms with Gasteiger partial charge in [0.15, 0.2) is 0 Å². The molecule has 0 radical (unpaired) electrons. The molecule has 106 valence electrons. The lowest BCUT2D eigenvalue weighted by Gasteiger charge is -2.09. The van der Waals surface area contributed by atoms with Crippen LogP contribution in [-0.4, -0.2) is 20.3 Å². The molecule has 0 bridgehead atoms. The summed E-state index contributed by atoms with van der Waals surface area (Å²) in [5.74, 6) is 2.45. The molecule has 0 aliphatic carbocycles. The van der Waals surface area contributed by atoms with E-state index in [1.807, 2.05) is 36.4 Å². The Morgan fingerprint density at radius 3 is 2.10 bits per heavy atom. The Hall–Kier alpha value is -2.16. The molecule has 2 rings (SSSR count). The van der Waals surface area contributed by atoms with E-state index in [4.69, 9.17) is 14.2 Å². The molecule has 0 aliphatic heterocycles. The first kappa shape index (κ1) is 14.3. The summed E-state index contributed by atoms with van der Waals surface area (Å²) >= 11 is 0. The number of ether oxygens (including phenoxy) is 3. The Kier molecular flexibility index (Phi) is 5.30. The molecular formula is C17H20O3. The monoisotopic (exact) mass is 272 g/mol. The van der Waals surface area contributed by atoms with E-state index in [0.717, 1.165) is 23.7 Å². The maximum absolute atomic E-state index is 5.63. The predicted octanol–water partition coefficient (Wildman–Crippen LogP) is 3.72. The summed E-state index contributed by atoms with van der Waals surface area (Å²) in [5, 5.41) is 0. The minimum atomic E-state index is 0.503. The van der Waals surface area contributed by atoms with Crippen molar-refractivity contribution in [1.29, 1.82) is 0 Å². The van der Waals surface area contributed by atoms with Gasteiger partial charge in [-0.1, -0.05) is 25.1 Å². The minimum absolute atomic E-state index is 0.503. The highest BCUT2D eigenvalue weighted by Crippen LogP contribution is 2.18. The molecule has 0 atom stereocenters. The molecule has 0 aromatic heterocycles. The zero-order valence-electron chi connectivity index (χ0n) is 12.0. The van der Waals surface area contributed by atoms with Gasteiger partial charge >= 0.3 is 0 Å². The first-order valence-electron chi connectivity index (χ1n) is 6.80. The average Bonchev–Trinajstić information content (AvgIpc) is 2.52. The van der Waals surface area contributed by atoms with Crippen molar-refractivity contribution in [1.82, 2.24) is 0 Å². The van der Waals surface area contributed by atoms with Crippen LogP contribution in [0.2, 0.25) is 0 Å². The number of benzene rings is 2. The van der Waals surface area contributed by atoms with Crippen molar-refractivity contribution in [3.05, 3.63) is 54.1 Å². The highest BCUT2D eigenvalue weighted by molar-refractivity contribution is 5.32. The summed E-state index contributed by atoms with van der Waals surface area (Å²) in [6.07, 6.45) is 1.04. The lowest BCUT2D eigenvalue weighted by molar-refractivity contribution is 0.216. The van der Waals surface area contributed by atoms with Gasteiger partial charge in [0, 0.05) is 6.07 Å². The largest absolute Gasteiger partial charge is 0.497 e. The third-order valence-electron chi connectivity index (χ3n) is 2.99. The third kappa shape index (κ3) is 4.19. The summed E-state index contributed by atoms with van der Waals surface area (Å²) < 4.78 is 16.4. The zero-order valence-corrected chi connectivity index (χ0v) is 12.0. The number of hydrogen-bond acceptors (Lipinski definition) is 3. The van der Waals surface area contributed by atoms with Crippen molar-refractivity contribution < 1.29 is 14.2 Å². The Labute approximate surface area is 120 Å². The van der Waals surface area contributed by atoms with Crippen molar-refractivity contribution in [2.75, 3.05) is 20.3 Å². The molecule has 2 aromatic carbocycles. The molecule has 2 aromatic rings. The molecular weight excluding hydrogens is 252 g/mol. The molecule has 0 fully saturated rings. The van der Waals surface area contributed by atoms with E-state index in [1.165, 1.54) is 5.56 Å². The van der Waals surface area contributed by atoms with E-state index in [1.54, 1.807) is 7.11 Å². The van der Waals surface area contributed by atoms with Crippen LogP contribution < -0.4 is 14.2 Å². The normalized spacial score (nSPS) is 10.1. The number of rotatable bonds is 7. The maximum Gasteiger partial charge on any atom is 0.123 e. The second-order valence-corrected chi connectivity index (χ2v) is 4.37. The van der Waals surface area contributed by atoms with Crippen LogP contribution in [-0.2, 0) is 6.42 Å². The van der Waals surface area contributed by atoms with Crippen molar-refractivity contribution in [2.24, 2.45) is 0 Å². The smallest absolute Gasteiger partial charge is 0.123 e. The average molecular weight is 272 g/mol. The van der Waals surface area contributed by atoms with E-state index in [0.29, 0.717) is 13.2 Å². The van der Waals surface area contributed by atoms with Gasteiger partial charge in [-0.2, -0.15) is 0 Å². The second-order valence-electron chi connectivity index (χ2n) is 4.37. The Balaban J connectivity index is 1.75. The van der Waals surface area contributed by atoms with Crippen molar-refractivity contribution >= 4 is 0 Å². The second kappa shape index (κ2) is 7.43. The van der Waals surface area contributed by atoms with Crippen LogP contribution in [0.4, 0.5) is 0 Å². The molecule has 0 spiro atoms. The van der Waals surface area contributed by atoms with Gasteiger partial charge in [0.25, 0.3) is 0 Å². The van der Waals surface area contributed by atoms with Crippen LogP contribution in [0.1, 0.15) is 12.5 Å². The SMILES string of the molecule is CCc1ccc(OCCOc2cccc(OC)c2)cc1. The lowest BCUT2D eigenvalue weighted by atomic mass is 10.2. The number of hydrogen-bond donors (Lipinski definition) is 0. The Morgan fingerprint density at radius 2 is 1.45 bits per heavy atom. The topological polar surface area (TPSA) is 27.7 Å². The summed E-state index contributed by atoms with van der Waals surface area (Å²) in [7, 11) is 1.64. The van der Waals surface area contributed by atoms with E-state index in [-0.39, 0.29) is 0 Å². The summed E-state index contributed by atoms with van der Waals surface area (Å²) in [5.41, 5.74) is 1.31. The van der Waals surface area contributed by atoms with Gasteiger partial charge in [0.1, 0.15) is 30.5 Å². The molecule has 0 amide bonds. The lowest BCUT2D eigenvalue weighted by Crippen LogP contribution is -2.09. The van der Waals surface area contributed by atoms with Gasteiger partial charge in [-0.15, -0.1) is 0 Å². The molecule has 0 saturated carbocycles. The van der Waals surface area contributed by atoms with Crippen LogP contribution >= 0.6 is 0 Å². The predicted molar refractivity (Wildman–Crippen MR) is 79.8 cm³/mol. The molecule has 3 heteroatoms. The first-order valence-corrected chi connectivity index (χ1v) is 6.80. The number of aryl methyl sites for hydroxylation is 1. The first-order chi connectivity index (χ1) is 9.81. The summed E-state index contributed by atoms with van der Waals surface area (Å²) in [6.45, 7) is 3.16. The fourth-order valence-electron chi connectivity index (χ4n) is 1.83. The van der Waals surface area contributed by atoms with Crippen LogP contribution in [0.5, 0.6) is 17.2 Å². The summed E-state index contributed by atoms with van der Waals surface area (Å²) in [6, 6.07) is 15.7. The number of methoxy groups -OCH3 is 1. The van der Waals surface area contributed by atoms with E-state index in [9.17, 15) is 0 Å². The van der Waals surface area contributed by atoms with Crippen molar-refractivity contribution in [3.63, 3.8) is 0 Å². The highest BCUT2D eigenvalue weighted by atomic mass is 16.5. The molecule has 0 heterocycles. The van der Waals surface area contributed by atoms with E-state index < -0.39 is 0 Å².